The second kappa shape index (κ2) is 7.36. The molecule has 1 aromatic rings. The second-order valence-electron chi connectivity index (χ2n) is 7.24. The average Bonchev–Trinajstić information content (AvgIpc) is 3.46. The number of nitrogens with one attached hydrogen (secondary N) is 1. The van der Waals surface area contributed by atoms with Gasteiger partial charge in [-0.15, -0.1) is 0 Å². The van der Waals surface area contributed by atoms with Gasteiger partial charge in [-0.2, -0.15) is 5.26 Å². The summed E-state index contributed by atoms with van der Waals surface area (Å²) in [7, 11) is 0. The van der Waals surface area contributed by atoms with Crippen molar-refractivity contribution in [3.63, 3.8) is 0 Å². The minimum Gasteiger partial charge on any atom is -0.342 e. The van der Waals surface area contributed by atoms with Gasteiger partial charge in [-0.3, -0.25) is 4.79 Å². The number of piperidine rings is 1. The molecule has 24 heavy (non-hydrogen) atoms. The van der Waals surface area contributed by atoms with E-state index in [0.29, 0.717) is 29.3 Å². The van der Waals surface area contributed by atoms with Crippen LogP contribution in [0.15, 0.2) is 24.3 Å². The predicted octanol–water partition coefficient (Wildman–Crippen LogP) is 3.25. The van der Waals surface area contributed by atoms with Gasteiger partial charge in [0.2, 0.25) is 5.91 Å². The number of carbonyl (C=O) groups excluding carboxylic acids is 1. The summed E-state index contributed by atoms with van der Waals surface area (Å²) in [5, 5.41) is 12.7. The highest BCUT2D eigenvalue weighted by Gasteiger charge is 2.37. The molecule has 1 aliphatic heterocycles. The first-order valence-corrected chi connectivity index (χ1v) is 9.17. The van der Waals surface area contributed by atoms with Gasteiger partial charge in [-0.05, 0) is 49.8 Å². The second-order valence-corrected chi connectivity index (χ2v) is 7.24. The molecule has 4 nitrogen and oxygen atoms in total. The van der Waals surface area contributed by atoms with Gasteiger partial charge >= 0.3 is 0 Å². The maximum atomic E-state index is 12.3. The van der Waals surface area contributed by atoms with Crippen molar-refractivity contribution in [2.45, 2.75) is 51.6 Å². The number of hydrogen-bond acceptors (Lipinski definition) is 3. The number of amides is 1. The van der Waals surface area contributed by atoms with Crippen LogP contribution < -0.4 is 5.32 Å². The first-order chi connectivity index (χ1) is 11.6. The zero-order valence-corrected chi connectivity index (χ0v) is 14.7. The highest BCUT2D eigenvalue weighted by molar-refractivity contribution is 5.81. The van der Waals surface area contributed by atoms with Crippen molar-refractivity contribution in [2.75, 3.05) is 13.1 Å². The number of benzene rings is 1. The maximum absolute atomic E-state index is 12.3. The Kier molecular flexibility index (Phi) is 5.20. The molecule has 3 atom stereocenters. The van der Waals surface area contributed by atoms with Crippen molar-refractivity contribution in [3.05, 3.63) is 35.4 Å². The molecular weight excluding hydrogens is 298 g/mol. The highest BCUT2D eigenvalue weighted by atomic mass is 16.2. The van der Waals surface area contributed by atoms with Gasteiger partial charge < -0.3 is 10.2 Å². The van der Waals surface area contributed by atoms with Gasteiger partial charge in [0.15, 0.2) is 0 Å². The molecule has 0 bridgehead atoms. The van der Waals surface area contributed by atoms with Crippen LogP contribution in [0.3, 0.4) is 0 Å². The van der Waals surface area contributed by atoms with Crippen LogP contribution in [0.2, 0.25) is 0 Å². The van der Waals surface area contributed by atoms with E-state index < -0.39 is 0 Å². The van der Waals surface area contributed by atoms with Crippen molar-refractivity contribution in [2.24, 2.45) is 11.8 Å². The van der Waals surface area contributed by atoms with Gasteiger partial charge in [0.05, 0.1) is 11.6 Å². The molecule has 1 heterocycles. The maximum Gasteiger partial charge on any atom is 0.225 e. The summed E-state index contributed by atoms with van der Waals surface area (Å²) >= 11 is 0. The lowest BCUT2D eigenvalue weighted by molar-refractivity contribution is -0.134. The van der Waals surface area contributed by atoms with Gasteiger partial charge in [-0.1, -0.05) is 25.5 Å². The van der Waals surface area contributed by atoms with Crippen LogP contribution in [0, 0.1) is 23.2 Å². The largest absolute Gasteiger partial charge is 0.342 e. The Morgan fingerprint density at radius 1 is 1.33 bits per heavy atom. The molecule has 1 amide bonds. The Morgan fingerprint density at radius 3 is 2.62 bits per heavy atom. The van der Waals surface area contributed by atoms with E-state index >= 15 is 0 Å². The average molecular weight is 325 g/mol. The fourth-order valence-electron chi connectivity index (χ4n) is 3.72. The third kappa shape index (κ3) is 3.79. The smallest absolute Gasteiger partial charge is 0.225 e. The third-order valence-electron chi connectivity index (χ3n) is 5.50. The van der Waals surface area contributed by atoms with E-state index in [1.165, 1.54) is 5.56 Å². The van der Waals surface area contributed by atoms with E-state index in [4.69, 9.17) is 5.26 Å². The Labute approximate surface area is 144 Å². The predicted molar refractivity (Wildman–Crippen MR) is 94.2 cm³/mol. The SMILES string of the molecule is CCC1CN(C(=O)C2CC2)CCC1NC(C)c1ccc(C#N)cc1. The molecule has 2 fully saturated rings. The number of hydrogen-bond donors (Lipinski definition) is 1. The monoisotopic (exact) mass is 325 g/mol. The van der Waals surface area contributed by atoms with Gasteiger partial charge in [0.1, 0.15) is 0 Å². The van der Waals surface area contributed by atoms with Crippen molar-refractivity contribution in [1.29, 1.82) is 5.26 Å². The Bertz CT molecular complexity index is 615. The van der Waals surface area contributed by atoms with Gasteiger partial charge in [0, 0.05) is 31.1 Å². The lowest BCUT2D eigenvalue weighted by Crippen LogP contribution is -2.51. The summed E-state index contributed by atoms with van der Waals surface area (Å²) in [6.07, 6.45) is 4.29. The zero-order valence-electron chi connectivity index (χ0n) is 14.7. The van der Waals surface area contributed by atoms with Crippen LogP contribution in [0.4, 0.5) is 0 Å². The molecule has 1 saturated heterocycles. The van der Waals surface area contributed by atoms with E-state index in [-0.39, 0.29) is 6.04 Å². The lowest BCUT2D eigenvalue weighted by atomic mass is 9.88. The van der Waals surface area contributed by atoms with Crippen molar-refractivity contribution in [3.8, 4) is 6.07 Å². The summed E-state index contributed by atoms with van der Waals surface area (Å²) in [6.45, 7) is 6.17. The minimum atomic E-state index is 0.252. The Hall–Kier alpha value is -1.86. The lowest BCUT2D eigenvalue weighted by Gasteiger charge is -2.40. The van der Waals surface area contributed by atoms with E-state index in [2.05, 4.69) is 30.1 Å². The first-order valence-electron chi connectivity index (χ1n) is 9.17. The Morgan fingerprint density at radius 2 is 2.04 bits per heavy atom. The molecule has 128 valence electrons. The fourth-order valence-corrected chi connectivity index (χ4v) is 3.72. The van der Waals surface area contributed by atoms with Crippen LogP contribution in [-0.4, -0.2) is 29.9 Å². The zero-order chi connectivity index (χ0) is 17.1. The number of nitrogens with zero attached hydrogens (tertiary/aromatic N) is 2. The van der Waals surface area contributed by atoms with Crippen LogP contribution in [0.5, 0.6) is 0 Å². The van der Waals surface area contributed by atoms with Crippen LogP contribution in [0.25, 0.3) is 0 Å². The van der Waals surface area contributed by atoms with Gasteiger partial charge in [0.25, 0.3) is 0 Å². The van der Waals surface area contributed by atoms with Crippen LogP contribution >= 0.6 is 0 Å². The van der Waals surface area contributed by atoms with E-state index in [1.54, 1.807) is 0 Å². The summed E-state index contributed by atoms with van der Waals surface area (Å²) in [5.74, 6) is 1.22. The molecule has 1 N–H and O–H groups in total. The van der Waals surface area contributed by atoms with E-state index in [0.717, 1.165) is 38.8 Å². The van der Waals surface area contributed by atoms with Crippen molar-refractivity contribution >= 4 is 5.91 Å². The molecule has 4 heteroatoms. The molecule has 2 aliphatic rings. The van der Waals surface area contributed by atoms with E-state index in [1.807, 2.05) is 24.3 Å². The molecule has 3 rings (SSSR count). The summed E-state index contributed by atoms with van der Waals surface area (Å²) in [6, 6.07) is 10.7. The normalized spacial score (nSPS) is 25.1. The van der Waals surface area contributed by atoms with Crippen LogP contribution in [0.1, 0.15) is 56.7 Å². The number of likely N-dealkylation sites (tertiary alicyclic amines) is 1. The van der Waals surface area contributed by atoms with E-state index in [9.17, 15) is 4.79 Å². The molecule has 1 saturated carbocycles. The molecule has 1 aliphatic carbocycles. The Balaban J connectivity index is 1.59. The summed E-state index contributed by atoms with van der Waals surface area (Å²) in [5.41, 5.74) is 1.91. The quantitative estimate of drug-likeness (QED) is 0.904. The summed E-state index contributed by atoms with van der Waals surface area (Å²) in [4.78, 5) is 14.4. The molecule has 1 aromatic carbocycles. The molecule has 0 aromatic heterocycles. The molecular formula is C20H27N3O. The molecule has 3 unspecified atom stereocenters. The minimum absolute atomic E-state index is 0.252. The molecule has 0 spiro atoms. The van der Waals surface area contributed by atoms with Crippen molar-refractivity contribution < 1.29 is 4.79 Å². The van der Waals surface area contributed by atoms with Gasteiger partial charge in [-0.25, -0.2) is 0 Å². The standard InChI is InChI=1S/C20H27N3O/c1-3-16-13-23(20(24)18-8-9-18)11-10-19(16)22-14(2)17-6-4-15(12-21)5-7-17/h4-7,14,16,18-19,22H,3,8-11,13H2,1-2H3. The number of rotatable bonds is 5. The highest BCUT2D eigenvalue weighted by Crippen LogP contribution is 2.33. The topological polar surface area (TPSA) is 56.1 Å². The number of carbonyl (C=O) groups is 1. The van der Waals surface area contributed by atoms with Crippen LogP contribution in [-0.2, 0) is 4.79 Å². The third-order valence-corrected chi connectivity index (χ3v) is 5.50. The fraction of sp³-hybridized carbons (Fsp3) is 0.600. The summed E-state index contributed by atoms with van der Waals surface area (Å²) < 4.78 is 0. The number of nitriles is 1. The molecule has 0 radical (unpaired) electrons. The van der Waals surface area contributed by atoms with Crippen molar-refractivity contribution in [1.82, 2.24) is 10.2 Å². The first kappa shape index (κ1) is 17.0.